The number of phenolic OH excluding ortho intramolecular Hbond substituents is 1. The molecule has 6 heteroatoms. The summed E-state index contributed by atoms with van der Waals surface area (Å²) in [5.41, 5.74) is -0.660. The second-order valence-corrected chi connectivity index (χ2v) is 4.10. The van der Waals surface area contributed by atoms with Gasteiger partial charge in [-0.3, -0.25) is 0 Å². The summed E-state index contributed by atoms with van der Waals surface area (Å²) in [4.78, 5) is 22.4. The smallest absolute Gasteiger partial charge is 0.405 e. The van der Waals surface area contributed by atoms with Crippen molar-refractivity contribution in [1.29, 1.82) is 0 Å². The summed E-state index contributed by atoms with van der Waals surface area (Å²) in [5, 5.41) is 20.1. The van der Waals surface area contributed by atoms with Gasteiger partial charge in [0.25, 0.3) is 0 Å². The quantitative estimate of drug-likeness (QED) is 0.699. The molecule has 0 fully saturated rings. The van der Waals surface area contributed by atoms with Gasteiger partial charge in [-0.25, -0.2) is 9.59 Å². The number of esters is 1. The predicted octanol–water partition coefficient (Wildman–Crippen LogP) is 1.13. The topological polar surface area (TPSA) is 95.9 Å². The van der Waals surface area contributed by atoms with Crippen molar-refractivity contribution in [2.45, 2.75) is 18.9 Å². The average molecular weight is 253 g/mol. The molecule has 6 nitrogen and oxygen atoms in total. The molecule has 1 rings (SSSR count). The maximum atomic E-state index is 11.6. The van der Waals surface area contributed by atoms with E-state index < -0.39 is 17.6 Å². The van der Waals surface area contributed by atoms with Crippen molar-refractivity contribution >= 4 is 12.1 Å². The molecule has 18 heavy (non-hydrogen) atoms. The normalized spacial score (nSPS) is 13.4. The fraction of sp³-hybridized carbons (Fsp3) is 0.333. The molecule has 0 radical (unpaired) electrons. The Hall–Kier alpha value is -2.24. The van der Waals surface area contributed by atoms with E-state index in [2.05, 4.69) is 10.1 Å². The number of carbonyl (C=O) groups is 2. The van der Waals surface area contributed by atoms with E-state index in [1.165, 1.54) is 26.2 Å². The van der Waals surface area contributed by atoms with Gasteiger partial charge >= 0.3 is 12.1 Å². The van der Waals surface area contributed by atoms with Gasteiger partial charge in [0.1, 0.15) is 11.3 Å². The van der Waals surface area contributed by atoms with Crippen LogP contribution < -0.4 is 5.32 Å². The molecule has 0 aliphatic carbocycles. The molecule has 1 aromatic rings. The molecular formula is C12H15NO5. The van der Waals surface area contributed by atoms with Crippen LogP contribution in [0.3, 0.4) is 0 Å². The average Bonchev–Trinajstić information content (AvgIpc) is 2.30. The lowest BCUT2D eigenvalue weighted by Gasteiger charge is -2.26. The fourth-order valence-corrected chi connectivity index (χ4v) is 1.65. The van der Waals surface area contributed by atoms with E-state index in [4.69, 9.17) is 10.2 Å². The first-order valence-corrected chi connectivity index (χ1v) is 5.25. The molecule has 0 aromatic heterocycles. The molecule has 3 N–H and O–H groups in total. The molecule has 0 heterocycles. The van der Waals surface area contributed by atoms with Crippen LogP contribution in [0, 0.1) is 0 Å². The minimum absolute atomic E-state index is 0.102. The molecule has 0 saturated heterocycles. The van der Waals surface area contributed by atoms with E-state index in [1.54, 1.807) is 12.1 Å². The number of rotatable bonds is 4. The van der Waals surface area contributed by atoms with E-state index in [0.29, 0.717) is 5.56 Å². The van der Waals surface area contributed by atoms with E-state index in [1.807, 2.05) is 0 Å². The summed E-state index contributed by atoms with van der Waals surface area (Å²) < 4.78 is 4.60. The third-order valence-electron chi connectivity index (χ3n) is 2.51. The second-order valence-electron chi connectivity index (χ2n) is 4.10. The van der Waals surface area contributed by atoms with Gasteiger partial charge in [0.05, 0.1) is 7.11 Å². The highest BCUT2D eigenvalue weighted by molar-refractivity contribution is 5.85. The van der Waals surface area contributed by atoms with Crippen LogP contribution in [0.2, 0.25) is 0 Å². The minimum atomic E-state index is -1.36. The van der Waals surface area contributed by atoms with Crippen LogP contribution in [0.1, 0.15) is 12.5 Å². The highest BCUT2D eigenvalue weighted by Gasteiger charge is 2.36. The molecule has 1 atom stereocenters. The number of carbonyl (C=O) groups excluding carboxylic acids is 1. The SMILES string of the molecule is COC(=O)[C@](C)(Cc1ccc(O)cc1)NC(=O)O. The van der Waals surface area contributed by atoms with Crippen LogP contribution in [0.25, 0.3) is 0 Å². The summed E-state index contributed by atoms with van der Waals surface area (Å²) in [6.07, 6.45) is -1.17. The largest absolute Gasteiger partial charge is 0.508 e. The van der Waals surface area contributed by atoms with E-state index in [9.17, 15) is 9.59 Å². The van der Waals surface area contributed by atoms with E-state index >= 15 is 0 Å². The molecule has 0 aliphatic rings. The Balaban J connectivity index is 2.94. The highest BCUT2D eigenvalue weighted by atomic mass is 16.5. The molecule has 1 aromatic carbocycles. The van der Waals surface area contributed by atoms with Crippen LogP contribution in [-0.4, -0.2) is 34.9 Å². The molecule has 1 amide bonds. The number of ether oxygens (including phenoxy) is 1. The van der Waals surface area contributed by atoms with Gasteiger partial charge < -0.3 is 20.3 Å². The number of carboxylic acid groups (broad SMARTS) is 1. The fourth-order valence-electron chi connectivity index (χ4n) is 1.65. The van der Waals surface area contributed by atoms with Gasteiger partial charge in [0.2, 0.25) is 0 Å². The summed E-state index contributed by atoms with van der Waals surface area (Å²) in [7, 11) is 1.20. The number of methoxy groups -OCH3 is 1. The second kappa shape index (κ2) is 5.39. The van der Waals surface area contributed by atoms with Gasteiger partial charge in [-0.1, -0.05) is 12.1 Å². The molecule has 98 valence electrons. The van der Waals surface area contributed by atoms with Gasteiger partial charge in [0.15, 0.2) is 0 Å². The maximum absolute atomic E-state index is 11.6. The van der Waals surface area contributed by atoms with Crippen molar-refractivity contribution in [2.24, 2.45) is 0 Å². The molecule has 0 bridgehead atoms. The Morgan fingerprint density at radius 3 is 2.33 bits per heavy atom. The van der Waals surface area contributed by atoms with E-state index in [0.717, 1.165) is 0 Å². The number of aromatic hydroxyl groups is 1. The van der Waals surface area contributed by atoms with Crippen molar-refractivity contribution in [3.8, 4) is 5.75 Å². The predicted molar refractivity (Wildman–Crippen MR) is 63.4 cm³/mol. The minimum Gasteiger partial charge on any atom is -0.508 e. The third kappa shape index (κ3) is 3.38. The first-order valence-electron chi connectivity index (χ1n) is 5.25. The Morgan fingerprint density at radius 1 is 1.33 bits per heavy atom. The lowest BCUT2D eigenvalue weighted by Crippen LogP contribution is -2.54. The van der Waals surface area contributed by atoms with Crippen molar-refractivity contribution in [1.82, 2.24) is 5.32 Å². The monoisotopic (exact) mass is 253 g/mol. The molecule has 0 spiro atoms. The number of hydrogen-bond acceptors (Lipinski definition) is 4. The lowest BCUT2D eigenvalue weighted by molar-refractivity contribution is -0.147. The number of amides is 1. The summed E-state index contributed by atoms with van der Waals surface area (Å²) in [5.74, 6) is -0.567. The van der Waals surface area contributed by atoms with Crippen LogP contribution in [0.4, 0.5) is 4.79 Å². The third-order valence-corrected chi connectivity index (χ3v) is 2.51. The Morgan fingerprint density at radius 2 is 1.89 bits per heavy atom. The molecular weight excluding hydrogens is 238 g/mol. The zero-order chi connectivity index (χ0) is 13.8. The Labute approximate surface area is 104 Å². The zero-order valence-corrected chi connectivity index (χ0v) is 10.1. The first-order chi connectivity index (χ1) is 8.37. The number of nitrogens with one attached hydrogen (secondary N) is 1. The number of phenols is 1. The van der Waals surface area contributed by atoms with E-state index in [-0.39, 0.29) is 12.2 Å². The van der Waals surface area contributed by atoms with Gasteiger partial charge in [-0.15, -0.1) is 0 Å². The standard InChI is InChI=1S/C12H15NO5/c1-12(10(15)18-2,13-11(16)17)7-8-3-5-9(14)6-4-8/h3-6,13-14H,7H2,1-2H3,(H,16,17)/t12-/m0/s1. The number of benzene rings is 1. The van der Waals surface area contributed by atoms with Crippen LogP contribution in [0.15, 0.2) is 24.3 Å². The van der Waals surface area contributed by atoms with Gasteiger partial charge in [-0.2, -0.15) is 0 Å². The zero-order valence-electron chi connectivity index (χ0n) is 10.1. The molecule has 0 aliphatic heterocycles. The van der Waals surface area contributed by atoms with Crippen molar-refractivity contribution in [3.63, 3.8) is 0 Å². The Kier molecular flexibility index (Phi) is 4.14. The lowest BCUT2D eigenvalue weighted by atomic mass is 9.93. The summed E-state index contributed by atoms with van der Waals surface area (Å²) in [6, 6.07) is 6.15. The number of hydrogen-bond donors (Lipinski definition) is 3. The van der Waals surface area contributed by atoms with Gasteiger partial charge in [-0.05, 0) is 24.6 Å². The van der Waals surface area contributed by atoms with Crippen LogP contribution >= 0.6 is 0 Å². The van der Waals surface area contributed by atoms with Crippen molar-refractivity contribution < 1.29 is 24.5 Å². The summed E-state index contributed by atoms with van der Waals surface area (Å²) >= 11 is 0. The first kappa shape index (κ1) is 13.8. The molecule has 0 unspecified atom stereocenters. The molecule has 0 saturated carbocycles. The highest BCUT2D eigenvalue weighted by Crippen LogP contribution is 2.17. The van der Waals surface area contributed by atoms with Crippen molar-refractivity contribution in [2.75, 3.05) is 7.11 Å². The Bertz CT molecular complexity index is 442. The van der Waals surface area contributed by atoms with Gasteiger partial charge in [0, 0.05) is 6.42 Å². The van der Waals surface area contributed by atoms with Crippen LogP contribution in [0.5, 0.6) is 5.75 Å². The van der Waals surface area contributed by atoms with Crippen LogP contribution in [-0.2, 0) is 16.0 Å². The maximum Gasteiger partial charge on any atom is 0.405 e. The summed E-state index contributed by atoms with van der Waals surface area (Å²) in [6.45, 7) is 1.44. The van der Waals surface area contributed by atoms with Crippen molar-refractivity contribution in [3.05, 3.63) is 29.8 Å².